The summed E-state index contributed by atoms with van der Waals surface area (Å²) >= 11 is 3.03. The van der Waals surface area contributed by atoms with E-state index in [1.54, 1.807) is 30.4 Å². The highest BCUT2D eigenvalue weighted by molar-refractivity contribution is 8.00. The molecule has 1 unspecified atom stereocenters. The number of rotatable bonds is 9. The minimum Gasteiger partial charge on any atom is -0.508 e. The lowest BCUT2D eigenvalue weighted by molar-refractivity contribution is -0.146. The molecule has 2 heterocycles. The van der Waals surface area contributed by atoms with Gasteiger partial charge in [-0.15, -0.1) is 23.1 Å². The van der Waals surface area contributed by atoms with E-state index < -0.39 is 30.0 Å². The summed E-state index contributed by atoms with van der Waals surface area (Å²) in [5.41, 5.74) is 2.57. The van der Waals surface area contributed by atoms with E-state index in [0.717, 1.165) is 16.0 Å². The summed E-state index contributed by atoms with van der Waals surface area (Å²) in [5, 5.41) is 28.9. The molecule has 0 spiro atoms. The number of aryl methyl sites for hydroxylation is 1. The van der Waals surface area contributed by atoms with Gasteiger partial charge < -0.3 is 25.7 Å². The fourth-order valence-electron chi connectivity index (χ4n) is 4.60. The zero-order valence-electron chi connectivity index (χ0n) is 22.1. The number of aliphatic hydroxyl groups is 1. The molecule has 3 aromatic rings. The number of amides is 3. The van der Waals surface area contributed by atoms with Gasteiger partial charge in [-0.1, -0.05) is 43.3 Å². The van der Waals surface area contributed by atoms with Gasteiger partial charge in [-0.25, -0.2) is 0 Å². The average molecular weight is 568 g/mol. The molecule has 8 nitrogen and oxygen atoms in total. The first kappa shape index (κ1) is 28.7. The number of aromatic hydroxyl groups is 1. The summed E-state index contributed by atoms with van der Waals surface area (Å²) in [4.78, 5) is 42.5. The molecule has 0 saturated carbocycles. The van der Waals surface area contributed by atoms with Crippen LogP contribution < -0.4 is 10.6 Å². The van der Waals surface area contributed by atoms with Crippen molar-refractivity contribution in [3.05, 3.63) is 87.1 Å². The fourth-order valence-corrected chi connectivity index (χ4v) is 6.58. The van der Waals surface area contributed by atoms with Crippen molar-refractivity contribution in [3.8, 4) is 5.75 Å². The van der Waals surface area contributed by atoms with Crippen molar-refractivity contribution < 1.29 is 24.6 Å². The number of thioether (sulfide) groups is 1. The number of phenolic OH excluding ortho intramolecular Hbond substituents is 1. The average Bonchev–Trinajstić information content (AvgIpc) is 3.52. The number of phenols is 1. The summed E-state index contributed by atoms with van der Waals surface area (Å²) in [6.07, 6.45) is -1.39. The Morgan fingerprint density at radius 2 is 1.82 bits per heavy atom. The van der Waals surface area contributed by atoms with Gasteiger partial charge in [0.2, 0.25) is 5.91 Å². The number of carbonyl (C=O) groups is 3. The zero-order chi connectivity index (χ0) is 28.1. The van der Waals surface area contributed by atoms with Crippen LogP contribution >= 0.6 is 23.1 Å². The molecule has 0 radical (unpaired) electrons. The summed E-state index contributed by atoms with van der Waals surface area (Å²) in [6.45, 7) is 5.87. The quantitative estimate of drug-likeness (QED) is 0.315. The highest BCUT2D eigenvalue weighted by atomic mass is 32.2. The Morgan fingerprint density at radius 3 is 2.51 bits per heavy atom. The normalized spacial score (nSPS) is 18.4. The highest BCUT2D eigenvalue weighted by Gasteiger charge is 2.43. The minimum absolute atomic E-state index is 0.0199. The Bertz CT molecular complexity index is 1330. The van der Waals surface area contributed by atoms with E-state index in [1.165, 1.54) is 22.7 Å². The van der Waals surface area contributed by atoms with Crippen molar-refractivity contribution >= 4 is 40.8 Å². The molecule has 2 aromatic carbocycles. The Morgan fingerprint density at radius 1 is 1.08 bits per heavy atom. The lowest BCUT2D eigenvalue weighted by Gasteiger charge is -2.31. The van der Waals surface area contributed by atoms with Crippen molar-refractivity contribution in [2.24, 2.45) is 0 Å². The van der Waals surface area contributed by atoms with Crippen LogP contribution in [0.2, 0.25) is 0 Å². The summed E-state index contributed by atoms with van der Waals surface area (Å²) < 4.78 is 0. The maximum absolute atomic E-state index is 13.7. The van der Waals surface area contributed by atoms with Crippen LogP contribution in [0.5, 0.6) is 5.75 Å². The summed E-state index contributed by atoms with van der Waals surface area (Å²) in [5.74, 6) is -1.17. The lowest BCUT2D eigenvalue weighted by Crippen LogP contribution is -2.57. The standard InChI is InChI=1S/C29H33N3O5S2/c1-17-12-13-38-24(17)15-30-28(36)25-19(3)39-16-32(25)29(37)26(34)22(14-20-8-5-4-6-9-20)31-27(35)21-10-7-11-23(33)18(21)2/h4-13,19,22,25-26,33-34H,14-16H2,1-3H3,(H,30,36)(H,31,35)/t19?,22-,25-,26-/m0/s1. The second-order valence-electron chi connectivity index (χ2n) is 9.66. The van der Waals surface area contributed by atoms with E-state index in [-0.39, 0.29) is 34.8 Å². The third kappa shape index (κ3) is 6.63. The number of thiophene rings is 1. The van der Waals surface area contributed by atoms with Gasteiger partial charge in [0.25, 0.3) is 11.8 Å². The predicted octanol–water partition coefficient (Wildman–Crippen LogP) is 3.38. The molecule has 1 aliphatic heterocycles. The van der Waals surface area contributed by atoms with E-state index in [9.17, 15) is 24.6 Å². The maximum Gasteiger partial charge on any atom is 0.254 e. The predicted molar refractivity (Wildman–Crippen MR) is 154 cm³/mol. The van der Waals surface area contributed by atoms with Crippen molar-refractivity contribution in [3.63, 3.8) is 0 Å². The van der Waals surface area contributed by atoms with Gasteiger partial charge in [0, 0.05) is 21.3 Å². The van der Waals surface area contributed by atoms with Crippen LogP contribution in [0.15, 0.2) is 60.0 Å². The molecule has 1 saturated heterocycles. The highest BCUT2D eigenvalue weighted by Crippen LogP contribution is 2.30. The van der Waals surface area contributed by atoms with E-state index in [0.29, 0.717) is 12.1 Å². The first-order valence-corrected chi connectivity index (χ1v) is 14.6. The fraction of sp³-hybridized carbons (Fsp3) is 0.345. The summed E-state index contributed by atoms with van der Waals surface area (Å²) in [6, 6.07) is 14.2. The van der Waals surface area contributed by atoms with Gasteiger partial charge in [0.15, 0.2) is 6.10 Å². The third-order valence-corrected chi connectivity index (χ3v) is 9.23. The second kappa shape index (κ2) is 12.7. The third-order valence-electron chi connectivity index (χ3n) is 7.00. The largest absolute Gasteiger partial charge is 0.508 e. The summed E-state index contributed by atoms with van der Waals surface area (Å²) in [7, 11) is 0. The molecular weight excluding hydrogens is 534 g/mol. The number of nitrogens with one attached hydrogen (secondary N) is 2. The van der Waals surface area contributed by atoms with Crippen LogP contribution in [0.3, 0.4) is 0 Å². The van der Waals surface area contributed by atoms with Gasteiger partial charge in [-0.3, -0.25) is 14.4 Å². The SMILES string of the molecule is Cc1ccsc1CNC(=O)[C@@H]1C(C)SCN1C(=O)[C@@H](O)[C@H](Cc1ccccc1)NC(=O)c1cccc(O)c1C. The second-order valence-corrected chi connectivity index (χ2v) is 12.0. The Labute approximate surface area is 236 Å². The molecule has 1 fully saturated rings. The van der Waals surface area contributed by atoms with E-state index in [4.69, 9.17) is 0 Å². The van der Waals surface area contributed by atoms with Gasteiger partial charge in [0.1, 0.15) is 11.8 Å². The van der Waals surface area contributed by atoms with Crippen molar-refractivity contribution in [2.75, 3.05) is 5.88 Å². The molecule has 0 aliphatic carbocycles. The van der Waals surface area contributed by atoms with E-state index in [2.05, 4.69) is 10.6 Å². The molecule has 10 heteroatoms. The number of hydrogen-bond donors (Lipinski definition) is 4. The first-order chi connectivity index (χ1) is 18.7. The number of carbonyl (C=O) groups excluding carboxylic acids is 3. The molecule has 206 valence electrons. The lowest BCUT2D eigenvalue weighted by atomic mass is 9.98. The van der Waals surface area contributed by atoms with Crippen LogP contribution in [0.1, 0.15) is 38.8 Å². The minimum atomic E-state index is -1.59. The van der Waals surface area contributed by atoms with Crippen LogP contribution in [0, 0.1) is 13.8 Å². The number of hydrogen-bond acceptors (Lipinski definition) is 7. The molecule has 4 N–H and O–H groups in total. The topological polar surface area (TPSA) is 119 Å². The molecule has 1 aromatic heterocycles. The van der Waals surface area contributed by atoms with Crippen LogP contribution in [-0.2, 0) is 22.6 Å². The van der Waals surface area contributed by atoms with Gasteiger partial charge in [-0.2, -0.15) is 0 Å². The molecule has 3 amide bonds. The Kier molecular flexibility index (Phi) is 9.32. The number of aliphatic hydroxyl groups excluding tert-OH is 1. The van der Waals surface area contributed by atoms with Crippen molar-refractivity contribution in [1.82, 2.24) is 15.5 Å². The maximum atomic E-state index is 13.7. The molecule has 1 aliphatic rings. The Hall–Kier alpha value is -3.34. The number of nitrogens with zero attached hydrogens (tertiary/aromatic N) is 1. The van der Waals surface area contributed by atoms with Crippen molar-refractivity contribution in [1.29, 1.82) is 0 Å². The number of benzene rings is 2. The molecule has 0 bridgehead atoms. The van der Waals surface area contributed by atoms with E-state index in [1.807, 2.05) is 55.6 Å². The molecule has 4 rings (SSSR count). The van der Waals surface area contributed by atoms with Gasteiger partial charge in [-0.05, 0) is 55.0 Å². The first-order valence-electron chi connectivity index (χ1n) is 12.7. The van der Waals surface area contributed by atoms with E-state index >= 15 is 0 Å². The van der Waals surface area contributed by atoms with Gasteiger partial charge in [0.05, 0.1) is 18.5 Å². The monoisotopic (exact) mass is 567 g/mol. The zero-order valence-corrected chi connectivity index (χ0v) is 23.7. The van der Waals surface area contributed by atoms with Crippen molar-refractivity contribution in [2.45, 2.75) is 57.2 Å². The van der Waals surface area contributed by atoms with Crippen LogP contribution in [0.25, 0.3) is 0 Å². The molecule has 39 heavy (non-hydrogen) atoms. The molecular formula is C29H33N3O5S2. The van der Waals surface area contributed by atoms with Gasteiger partial charge >= 0.3 is 0 Å². The van der Waals surface area contributed by atoms with Crippen LogP contribution in [-0.4, -0.2) is 62.1 Å². The Balaban J connectivity index is 1.53. The molecule has 4 atom stereocenters. The van der Waals surface area contributed by atoms with Crippen LogP contribution in [0.4, 0.5) is 0 Å². The smallest absolute Gasteiger partial charge is 0.254 e.